The number of halogens is 1. The van der Waals surface area contributed by atoms with Crippen LogP contribution in [-0.2, 0) is 15.9 Å². The van der Waals surface area contributed by atoms with Gasteiger partial charge < -0.3 is 24.3 Å². The van der Waals surface area contributed by atoms with Gasteiger partial charge in [-0.2, -0.15) is 0 Å². The van der Waals surface area contributed by atoms with E-state index in [9.17, 15) is 10.2 Å². The van der Waals surface area contributed by atoms with Crippen molar-refractivity contribution in [1.29, 1.82) is 0 Å². The van der Waals surface area contributed by atoms with Gasteiger partial charge in [-0.3, -0.25) is 0 Å². The van der Waals surface area contributed by atoms with Crippen LogP contribution in [0.4, 0.5) is 0 Å². The number of aryl methyl sites for hydroxylation is 1. The highest BCUT2D eigenvalue weighted by molar-refractivity contribution is 6.30. The van der Waals surface area contributed by atoms with Crippen molar-refractivity contribution < 1.29 is 19.7 Å². The third-order valence-electron chi connectivity index (χ3n) is 5.64. The van der Waals surface area contributed by atoms with Gasteiger partial charge in [0.2, 0.25) is 0 Å². The largest absolute Gasteiger partial charge is 0.387 e. The van der Waals surface area contributed by atoms with E-state index in [2.05, 4.69) is 9.97 Å². The maximum atomic E-state index is 10.8. The zero-order valence-electron chi connectivity index (χ0n) is 15.2. The highest BCUT2D eigenvalue weighted by Gasteiger charge is 2.49. The molecular weight excluding hydrogens is 382 g/mol. The predicted molar refractivity (Wildman–Crippen MR) is 102 cm³/mol. The standard InChI is InChI=1S/C20H20ClN3O4/c1-10-13-4-6-24(19(13)23-9-22-10)20-16(26)15(25)18(28-20)17-14-3-2-12(21)8-11(14)5-7-27-17/h2-4,6,8-9,15-18,20,25-26H,5,7H2,1H3/t15?,16?,17-,18?,20?/m1/s1. The molecule has 5 rings (SSSR count). The Morgan fingerprint density at radius 3 is 2.89 bits per heavy atom. The first-order valence-electron chi connectivity index (χ1n) is 9.24. The molecule has 2 aliphatic rings. The molecule has 1 fully saturated rings. The van der Waals surface area contributed by atoms with Gasteiger partial charge in [-0.05, 0) is 42.7 Å². The van der Waals surface area contributed by atoms with E-state index in [1.165, 1.54) is 6.33 Å². The topological polar surface area (TPSA) is 89.6 Å². The van der Waals surface area contributed by atoms with Crippen LogP contribution in [0.5, 0.6) is 0 Å². The highest BCUT2D eigenvalue weighted by Crippen LogP contribution is 2.41. The lowest BCUT2D eigenvalue weighted by atomic mass is 9.92. The van der Waals surface area contributed by atoms with Gasteiger partial charge in [-0.1, -0.05) is 17.7 Å². The molecular formula is C20H20ClN3O4. The number of rotatable bonds is 2. The molecule has 0 spiro atoms. The van der Waals surface area contributed by atoms with Gasteiger partial charge in [-0.25, -0.2) is 9.97 Å². The molecule has 5 atom stereocenters. The van der Waals surface area contributed by atoms with E-state index in [-0.39, 0.29) is 0 Å². The molecule has 4 heterocycles. The van der Waals surface area contributed by atoms with Crippen molar-refractivity contribution in [2.75, 3.05) is 6.61 Å². The molecule has 0 radical (unpaired) electrons. The van der Waals surface area contributed by atoms with E-state index in [1.807, 2.05) is 25.1 Å². The van der Waals surface area contributed by atoms with Crippen molar-refractivity contribution in [3.05, 3.63) is 58.6 Å². The number of benzene rings is 1. The fourth-order valence-electron chi connectivity index (χ4n) is 4.19. The second-order valence-corrected chi connectivity index (χ2v) is 7.71. The molecule has 1 saturated heterocycles. The van der Waals surface area contributed by atoms with E-state index in [0.717, 1.165) is 28.6 Å². The Labute approximate surface area is 166 Å². The zero-order chi connectivity index (χ0) is 19.4. The van der Waals surface area contributed by atoms with E-state index in [4.69, 9.17) is 21.1 Å². The molecule has 0 aliphatic carbocycles. The number of nitrogens with zero attached hydrogens (tertiary/aromatic N) is 3. The molecule has 0 saturated carbocycles. The first-order chi connectivity index (χ1) is 13.5. The lowest BCUT2D eigenvalue weighted by Crippen LogP contribution is -2.37. The van der Waals surface area contributed by atoms with Gasteiger partial charge in [0.25, 0.3) is 0 Å². The van der Waals surface area contributed by atoms with Crippen LogP contribution in [0.15, 0.2) is 36.8 Å². The molecule has 1 aromatic carbocycles. The van der Waals surface area contributed by atoms with Crippen molar-refractivity contribution in [3.63, 3.8) is 0 Å². The van der Waals surface area contributed by atoms with Crippen LogP contribution >= 0.6 is 11.6 Å². The summed E-state index contributed by atoms with van der Waals surface area (Å²) in [6.07, 6.45) is -0.144. The lowest BCUT2D eigenvalue weighted by molar-refractivity contribution is -0.113. The molecule has 2 aromatic heterocycles. The van der Waals surface area contributed by atoms with E-state index < -0.39 is 30.6 Å². The molecule has 2 aliphatic heterocycles. The molecule has 3 aromatic rings. The third-order valence-corrected chi connectivity index (χ3v) is 5.87. The molecule has 7 nitrogen and oxygen atoms in total. The van der Waals surface area contributed by atoms with Crippen LogP contribution in [0.1, 0.15) is 29.2 Å². The average Bonchev–Trinajstić information content (AvgIpc) is 3.24. The first-order valence-corrected chi connectivity index (χ1v) is 9.62. The monoisotopic (exact) mass is 401 g/mol. The SMILES string of the molecule is Cc1ncnc2c1ccn2C1OC([C@@H]2OCCc3cc(Cl)ccc32)C(O)C1O. The number of ether oxygens (including phenoxy) is 2. The fourth-order valence-corrected chi connectivity index (χ4v) is 4.39. The Morgan fingerprint density at radius 1 is 1.18 bits per heavy atom. The molecule has 8 heteroatoms. The minimum atomic E-state index is -1.11. The van der Waals surface area contributed by atoms with Crippen LogP contribution in [0.2, 0.25) is 5.02 Å². The van der Waals surface area contributed by atoms with Crippen LogP contribution in [0.3, 0.4) is 0 Å². The van der Waals surface area contributed by atoms with Crippen molar-refractivity contribution in [3.8, 4) is 0 Å². The summed E-state index contributed by atoms with van der Waals surface area (Å²) in [5.74, 6) is 0. The summed E-state index contributed by atoms with van der Waals surface area (Å²) in [6.45, 7) is 2.40. The minimum absolute atomic E-state index is 0.478. The lowest BCUT2D eigenvalue weighted by Gasteiger charge is -2.31. The van der Waals surface area contributed by atoms with Gasteiger partial charge in [0.1, 0.15) is 36.4 Å². The number of hydrogen-bond donors (Lipinski definition) is 2. The van der Waals surface area contributed by atoms with E-state index in [1.54, 1.807) is 16.8 Å². The van der Waals surface area contributed by atoms with Crippen LogP contribution in [0, 0.1) is 6.92 Å². The van der Waals surface area contributed by atoms with Gasteiger partial charge in [0, 0.05) is 16.6 Å². The highest BCUT2D eigenvalue weighted by atomic mass is 35.5. The normalized spacial score (nSPS) is 29.9. The smallest absolute Gasteiger partial charge is 0.164 e. The number of aliphatic hydroxyl groups excluding tert-OH is 2. The number of aliphatic hydroxyl groups is 2. The summed E-state index contributed by atoms with van der Waals surface area (Å²) in [5, 5.41) is 23.0. The fraction of sp³-hybridized carbons (Fsp3) is 0.400. The third kappa shape index (κ3) is 2.74. The summed E-state index contributed by atoms with van der Waals surface area (Å²) < 4.78 is 13.8. The molecule has 0 amide bonds. The van der Waals surface area contributed by atoms with Gasteiger partial charge in [0.15, 0.2) is 6.23 Å². The quantitative estimate of drug-likeness (QED) is 0.685. The predicted octanol–water partition coefficient (Wildman–Crippen LogP) is 2.33. The first kappa shape index (κ1) is 18.0. The van der Waals surface area contributed by atoms with Crippen molar-refractivity contribution in [1.82, 2.24) is 14.5 Å². The molecule has 146 valence electrons. The van der Waals surface area contributed by atoms with Crippen molar-refractivity contribution in [2.45, 2.75) is 44.0 Å². The summed E-state index contributed by atoms with van der Waals surface area (Å²) in [4.78, 5) is 8.52. The van der Waals surface area contributed by atoms with E-state index >= 15 is 0 Å². The second-order valence-electron chi connectivity index (χ2n) is 7.28. The number of fused-ring (bicyclic) bond motifs is 2. The van der Waals surface area contributed by atoms with Crippen molar-refractivity contribution >= 4 is 22.6 Å². The summed E-state index contributed by atoms with van der Waals surface area (Å²) in [7, 11) is 0. The van der Waals surface area contributed by atoms with Crippen molar-refractivity contribution in [2.24, 2.45) is 0 Å². The van der Waals surface area contributed by atoms with Crippen LogP contribution in [-0.4, -0.2) is 49.7 Å². The summed E-state index contributed by atoms with van der Waals surface area (Å²) >= 11 is 6.12. The molecule has 2 N–H and O–H groups in total. The Kier molecular flexibility index (Phi) is 4.37. The molecule has 28 heavy (non-hydrogen) atoms. The molecule has 4 unspecified atom stereocenters. The van der Waals surface area contributed by atoms with Crippen LogP contribution in [0.25, 0.3) is 11.0 Å². The van der Waals surface area contributed by atoms with Gasteiger partial charge in [0.05, 0.1) is 12.3 Å². The Bertz CT molecular complexity index is 1040. The van der Waals surface area contributed by atoms with Crippen LogP contribution < -0.4 is 0 Å². The maximum Gasteiger partial charge on any atom is 0.164 e. The Morgan fingerprint density at radius 2 is 2.04 bits per heavy atom. The Balaban J connectivity index is 1.50. The van der Waals surface area contributed by atoms with Gasteiger partial charge in [-0.15, -0.1) is 0 Å². The average molecular weight is 402 g/mol. The van der Waals surface area contributed by atoms with E-state index in [0.29, 0.717) is 17.3 Å². The number of aromatic nitrogens is 3. The van der Waals surface area contributed by atoms with Gasteiger partial charge >= 0.3 is 0 Å². The summed E-state index contributed by atoms with van der Waals surface area (Å²) in [6, 6.07) is 7.51. The molecule has 0 bridgehead atoms. The Hall–Kier alpha value is -2.03. The summed E-state index contributed by atoms with van der Waals surface area (Å²) in [5.41, 5.74) is 3.51. The number of hydrogen-bond acceptors (Lipinski definition) is 6. The minimum Gasteiger partial charge on any atom is -0.387 e. The second kappa shape index (κ2) is 6.79. The maximum absolute atomic E-state index is 10.8. The zero-order valence-corrected chi connectivity index (χ0v) is 16.0.